The van der Waals surface area contributed by atoms with E-state index in [1.54, 1.807) is 15.9 Å². The molecule has 0 N–H and O–H groups in total. The molecule has 0 amide bonds. The van der Waals surface area contributed by atoms with E-state index in [4.69, 9.17) is 0 Å². The summed E-state index contributed by atoms with van der Waals surface area (Å²) in [5, 5.41) is 0. The average Bonchev–Trinajstić information content (AvgIpc) is 1.58. The van der Waals surface area contributed by atoms with Gasteiger partial charge < -0.3 is 0 Å². The van der Waals surface area contributed by atoms with Crippen molar-refractivity contribution in [1.29, 1.82) is 0 Å². The molecule has 1 atom stereocenters. The molecule has 0 fully saturated rings. The topological polar surface area (TPSA) is 0 Å². The van der Waals surface area contributed by atoms with Crippen molar-refractivity contribution < 1.29 is 17.6 Å². The molecular formula is C3Br4F4. The lowest BCUT2D eigenvalue weighted by Crippen LogP contribution is -2.44. The number of rotatable bonds is 2. The van der Waals surface area contributed by atoms with Crippen LogP contribution in [-0.4, -0.2) is 12.9 Å². The molecule has 0 nitrogen and oxygen atoms in total. The quantitative estimate of drug-likeness (QED) is 0.448. The van der Waals surface area contributed by atoms with Gasteiger partial charge in [-0.25, -0.2) is 8.78 Å². The largest absolute Gasteiger partial charge is 0.349 e. The molecular weight excluding hydrogens is 432 g/mol. The van der Waals surface area contributed by atoms with Gasteiger partial charge in [-0.1, -0.05) is 0 Å². The summed E-state index contributed by atoms with van der Waals surface area (Å²) in [6.07, 6.45) is 0. The summed E-state index contributed by atoms with van der Waals surface area (Å²) in [5.74, 6) is 0. The molecule has 0 aliphatic heterocycles. The fraction of sp³-hybridized carbons (Fsp3) is 1.00. The minimum atomic E-state index is -4.03. The predicted octanol–water partition coefficient (Wildman–Crippen LogP) is 4.45. The van der Waals surface area contributed by atoms with Gasteiger partial charge in [-0.15, -0.1) is 0 Å². The first kappa shape index (κ1) is 12.6. The maximum absolute atomic E-state index is 12.8. The minimum Gasteiger partial charge on any atom is -0.218 e. The van der Waals surface area contributed by atoms with Gasteiger partial charge in [0.15, 0.2) is 0 Å². The molecule has 68 valence electrons. The highest BCUT2D eigenvalue weighted by Crippen LogP contribution is 2.56. The molecule has 0 saturated carbocycles. The van der Waals surface area contributed by atoms with Crippen LogP contribution in [0.1, 0.15) is 0 Å². The van der Waals surface area contributed by atoms with Crippen molar-refractivity contribution in [2.45, 2.75) is 12.9 Å². The molecule has 8 heteroatoms. The van der Waals surface area contributed by atoms with Crippen LogP contribution in [0.25, 0.3) is 0 Å². The van der Waals surface area contributed by atoms with Gasteiger partial charge in [0.25, 0.3) is 8.07 Å². The Morgan fingerprint density at radius 2 is 1.00 bits per heavy atom. The lowest BCUT2D eigenvalue weighted by Gasteiger charge is -2.28. The highest BCUT2D eigenvalue weighted by Gasteiger charge is 2.64. The molecule has 0 aliphatic rings. The van der Waals surface area contributed by atoms with E-state index >= 15 is 0 Å². The Hall–Kier alpha value is 1.64. The minimum absolute atomic E-state index is 1.68. The predicted molar refractivity (Wildman–Crippen MR) is 48.3 cm³/mol. The van der Waals surface area contributed by atoms with Gasteiger partial charge in [0.2, 0.25) is 0 Å². The third-order valence-electron chi connectivity index (χ3n) is 0.712. The zero-order chi connectivity index (χ0) is 9.50. The third-order valence-corrected chi connectivity index (χ3v) is 4.99. The lowest BCUT2D eigenvalue weighted by molar-refractivity contribution is -0.0208. The van der Waals surface area contributed by atoms with Crippen molar-refractivity contribution in [3.05, 3.63) is 0 Å². The first-order valence-electron chi connectivity index (χ1n) is 2.01. The van der Waals surface area contributed by atoms with Gasteiger partial charge in [0.05, 0.1) is 0 Å². The van der Waals surface area contributed by atoms with Gasteiger partial charge in [-0.3, -0.25) is 0 Å². The monoisotopic (exact) mass is 428 g/mol. The first-order chi connectivity index (χ1) is 4.50. The molecule has 0 rings (SSSR count). The normalized spacial score (nSPS) is 19.6. The van der Waals surface area contributed by atoms with E-state index in [1.807, 2.05) is 15.9 Å². The Bertz CT molecular complexity index is 128. The van der Waals surface area contributed by atoms with Crippen LogP contribution in [-0.2, 0) is 0 Å². The molecule has 0 aromatic rings. The average molecular weight is 432 g/mol. The van der Waals surface area contributed by atoms with Crippen LogP contribution < -0.4 is 0 Å². The van der Waals surface area contributed by atoms with Crippen molar-refractivity contribution >= 4 is 63.7 Å². The summed E-state index contributed by atoms with van der Waals surface area (Å²) in [5.41, 5.74) is 0. The van der Waals surface area contributed by atoms with E-state index in [-0.39, 0.29) is 0 Å². The number of hydrogen-bond acceptors (Lipinski definition) is 0. The van der Waals surface area contributed by atoms with Crippen LogP contribution in [0, 0.1) is 0 Å². The van der Waals surface area contributed by atoms with Gasteiger partial charge in [-0.05, 0) is 63.7 Å². The Kier molecular flexibility index (Phi) is 3.93. The summed E-state index contributed by atoms with van der Waals surface area (Å²) in [4.78, 5) is -4.03. The van der Waals surface area contributed by atoms with Crippen LogP contribution in [0.2, 0.25) is 0 Å². The highest BCUT2D eigenvalue weighted by atomic mass is 79.9. The van der Waals surface area contributed by atoms with Gasteiger partial charge >= 0.3 is 4.83 Å². The molecule has 0 saturated heterocycles. The summed E-state index contributed by atoms with van der Waals surface area (Å²) < 4.78 is 43.1. The highest BCUT2D eigenvalue weighted by molar-refractivity contribution is 9.26. The van der Waals surface area contributed by atoms with Gasteiger partial charge in [0.1, 0.15) is 0 Å². The Labute approximate surface area is 93.6 Å². The van der Waals surface area contributed by atoms with E-state index < -0.39 is 12.9 Å². The zero-order valence-electron chi connectivity index (χ0n) is 4.52. The number of hydrogen-bond donors (Lipinski definition) is 0. The van der Waals surface area contributed by atoms with E-state index in [1.165, 1.54) is 0 Å². The zero-order valence-corrected chi connectivity index (χ0v) is 10.9. The van der Waals surface area contributed by atoms with Crippen LogP contribution in [0.15, 0.2) is 0 Å². The summed E-state index contributed by atoms with van der Waals surface area (Å²) in [6, 6.07) is 0. The standard InChI is InChI=1S/C3Br4F4/c4-1(8,2(5,6)9)3(7,10)11. The second-order valence-corrected chi connectivity index (χ2v) is 6.91. The van der Waals surface area contributed by atoms with Crippen LogP contribution in [0.4, 0.5) is 17.6 Å². The summed E-state index contributed by atoms with van der Waals surface area (Å²) in [6.45, 7) is 0. The first-order valence-corrected chi connectivity index (χ1v) is 5.18. The lowest BCUT2D eigenvalue weighted by atomic mass is 10.4. The molecule has 0 bridgehead atoms. The molecule has 0 spiro atoms. The summed E-state index contributed by atoms with van der Waals surface area (Å²) >= 11 is 7.68. The van der Waals surface area contributed by atoms with Crippen LogP contribution in [0.3, 0.4) is 0 Å². The number of halogens is 8. The van der Waals surface area contributed by atoms with E-state index in [2.05, 4.69) is 31.9 Å². The van der Waals surface area contributed by atoms with Crippen molar-refractivity contribution in [2.24, 2.45) is 0 Å². The smallest absolute Gasteiger partial charge is 0.218 e. The second kappa shape index (κ2) is 3.42. The molecule has 1 unspecified atom stereocenters. The van der Waals surface area contributed by atoms with Gasteiger partial charge in [-0.2, -0.15) is 8.78 Å². The van der Waals surface area contributed by atoms with Crippen molar-refractivity contribution in [2.75, 3.05) is 0 Å². The van der Waals surface area contributed by atoms with Crippen molar-refractivity contribution in [1.82, 2.24) is 0 Å². The van der Waals surface area contributed by atoms with Gasteiger partial charge in [0, 0.05) is 0 Å². The third kappa shape index (κ3) is 2.80. The molecule has 0 aromatic carbocycles. The van der Waals surface area contributed by atoms with E-state index in [9.17, 15) is 17.6 Å². The molecule has 0 aliphatic carbocycles. The Balaban J connectivity index is 4.75. The molecule has 0 aromatic heterocycles. The number of alkyl halides is 8. The fourth-order valence-electron chi connectivity index (χ4n) is 0.161. The second-order valence-electron chi connectivity index (χ2n) is 1.57. The molecule has 11 heavy (non-hydrogen) atoms. The van der Waals surface area contributed by atoms with E-state index in [0.717, 1.165) is 0 Å². The molecule has 0 heterocycles. The SMILES string of the molecule is FC(F)(Br)C(F)(Br)C(F)(Br)Br. The van der Waals surface area contributed by atoms with Crippen LogP contribution >= 0.6 is 63.7 Å². The Morgan fingerprint density at radius 3 is 1.00 bits per heavy atom. The van der Waals surface area contributed by atoms with Crippen molar-refractivity contribution in [3.8, 4) is 0 Å². The maximum atomic E-state index is 12.8. The summed E-state index contributed by atoms with van der Waals surface area (Å²) in [7, 11) is 0. The van der Waals surface area contributed by atoms with Crippen molar-refractivity contribution in [3.63, 3.8) is 0 Å². The Morgan fingerprint density at radius 1 is 0.727 bits per heavy atom. The maximum Gasteiger partial charge on any atom is 0.349 e. The van der Waals surface area contributed by atoms with E-state index in [0.29, 0.717) is 0 Å². The van der Waals surface area contributed by atoms with Crippen LogP contribution in [0.5, 0.6) is 0 Å². The fourth-order valence-corrected chi connectivity index (χ4v) is 1.46. The molecule has 0 radical (unpaired) electrons.